The Morgan fingerprint density at radius 2 is 2.00 bits per heavy atom. The summed E-state index contributed by atoms with van der Waals surface area (Å²) < 4.78 is 13.7. The molecule has 24 heavy (non-hydrogen) atoms. The maximum absolute atomic E-state index is 13.7. The van der Waals surface area contributed by atoms with Gasteiger partial charge in [0.1, 0.15) is 5.82 Å². The van der Waals surface area contributed by atoms with Crippen molar-refractivity contribution in [3.8, 4) is 0 Å². The molecule has 2 aromatic rings. The number of hydrogen-bond donors (Lipinski definition) is 2. The second kappa shape index (κ2) is 7.35. The first-order valence-corrected chi connectivity index (χ1v) is 7.71. The number of halogens is 2. The van der Waals surface area contributed by atoms with Crippen LogP contribution >= 0.6 is 11.6 Å². The summed E-state index contributed by atoms with van der Waals surface area (Å²) in [6.07, 6.45) is 0.655. The van der Waals surface area contributed by atoms with E-state index in [0.29, 0.717) is 17.8 Å². The molecule has 3 N–H and O–H groups in total. The summed E-state index contributed by atoms with van der Waals surface area (Å²) in [7, 11) is 0. The highest BCUT2D eigenvalue weighted by molar-refractivity contribution is 6.30. The molecule has 0 aliphatic carbocycles. The Hall–Kier alpha value is -2.54. The summed E-state index contributed by atoms with van der Waals surface area (Å²) in [4.78, 5) is 31.5. The fourth-order valence-electron chi connectivity index (χ4n) is 2.08. The van der Waals surface area contributed by atoms with Gasteiger partial charge in [-0.3, -0.25) is 9.59 Å². The van der Waals surface area contributed by atoms with Gasteiger partial charge in [0.15, 0.2) is 22.4 Å². The topological polar surface area (TPSA) is 98.0 Å². The molecule has 0 spiro atoms. The molecule has 2 rings (SSSR count). The number of rotatable bonds is 6. The number of aromatic nitrogens is 2. The van der Waals surface area contributed by atoms with E-state index in [2.05, 4.69) is 15.3 Å². The van der Waals surface area contributed by atoms with Crippen molar-refractivity contribution < 1.29 is 14.0 Å². The van der Waals surface area contributed by atoms with Crippen molar-refractivity contribution in [2.75, 3.05) is 5.32 Å². The summed E-state index contributed by atoms with van der Waals surface area (Å²) in [5, 5.41) is 2.95. The minimum atomic E-state index is -0.775. The van der Waals surface area contributed by atoms with Crippen LogP contribution in [0.4, 0.5) is 15.9 Å². The number of carbonyl (C=O) groups excluding carboxylic acids is 2. The number of anilines is 2. The minimum absolute atomic E-state index is 0.0474. The molecule has 0 radical (unpaired) electrons. The highest BCUT2D eigenvalue weighted by Gasteiger charge is 2.17. The molecule has 0 aliphatic rings. The number of nitrogens with two attached hydrogens (primary N) is 1. The molecule has 1 aromatic heterocycles. The predicted octanol–water partition coefficient (Wildman–Crippen LogP) is 3.27. The fourth-order valence-corrected chi connectivity index (χ4v) is 2.34. The molecule has 0 aliphatic heterocycles. The van der Waals surface area contributed by atoms with Gasteiger partial charge >= 0.3 is 0 Å². The molecule has 0 saturated heterocycles. The molecular formula is C16H16ClFN4O2. The molecule has 0 bridgehead atoms. The van der Waals surface area contributed by atoms with Gasteiger partial charge in [-0.2, -0.15) is 0 Å². The minimum Gasteiger partial charge on any atom is -0.364 e. The van der Waals surface area contributed by atoms with Crippen molar-refractivity contribution >= 4 is 34.8 Å². The van der Waals surface area contributed by atoms with Crippen LogP contribution in [-0.2, 0) is 6.42 Å². The summed E-state index contributed by atoms with van der Waals surface area (Å²) in [5.74, 6) is -1.68. The third-order valence-electron chi connectivity index (χ3n) is 3.34. The van der Waals surface area contributed by atoms with Crippen molar-refractivity contribution in [2.45, 2.75) is 26.7 Å². The molecule has 126 valence electrons. The lowest BCUT2D eigenvalue weighted by atomic mass is 10.1. The third kappa shape index (κ3) is 3.68. The van der Waals surface area contributed by atoms with E-state index in [9.17, 15) is 14.0 Å². The zero-order valence-electron chi connectivity index (χ0n) is 13.2. The van der Waals surface area contributed by atoms with Crippen molar-refractivity contribution in [1.82, 2.24) is 9.97 Å². The second-order valence-electron chi connectivity index (χ2n) is 4.97. The molecule has 1 heterocycles. The second-order valence-corrected chi connectivity index (χ2v) is 5.33. The van der Waals surface area contributed by atoms with Gasteiger partial charge in [0.2, 0.25) is 0 Å². The van der Waals surface area contributed by atoms with Gasteiger partial charge in [0.25, 0.3) is 5.91 Å². The van der Waals surface area contributed by atoms with E-state index in [4.69, 9.17) is 17.3 Å². The number of aryl methyl sites for hydroxylation is 1. The number of hydrogen-bond acceptors (Lipinski definition) is 5. The maximum Gasteiger partial charge on any atom is 0.271 e. The molecule has 1 aromatic carbocycles. The lowest BCUT2D eigenvalue weighted by molar-refractivity contribution is 0.0980. The average Bonchev–Trinajstić information content (AvgIpc) is 2.55. The molecule has 1 amide bonds. The Morgan fingerprint density at radius 1 is 1.29 bits per heavy atom. The van der Waals surface area contributed by atoms with Crippen molar-refractivity contribution in [1.29, 1.82) is 0 Å². The van der Waals surface area contributed by atoms with Gasteiger partial charge in [-0.25, -0.2) is 14.4 Å². The highest BCUT2D eigenvalue weighted by Crippen LogP contribution is 2.24. The van der Waals surface area contributed by atoms with Gasteiger partial charge in [-0.05, 0) is 24.6 Å². The van der Waals surface area contributed by atoms with Gasteiger partial charge < -0.3 is 11.1 Å². The SMILES string of the molecule is CCC(=O)c1cc(Nc2nc(Cl)c(CC)nc2C(N)=O)ccc1F. The van der Waals surface area contributed by atoms with E-state index >= 15 is 0 Å². The Morgan fingerprint density at radius 3 is 2.58 bits per heavy atom. The summed E-state index contributed by atoms with van der Waals surface area (Å²) in [6.45, 7) is 3.46. The van der Waals surface area contributed by atoms with Gasteiger partial charge in [0, 0.05) is 12.1 Å². The normalized spacial score (nSPS) is 10.5. The van der Waals surface area contributed by atoms with Crippen molar-refractivity contribution in [3.05, 3.63) is 46.1 Å². The monoisotopic (exact) mass is 350 g/mol. The highest BCUT2D eigenvalue weighted by atomic mass is 35.5. The van der Waals surface area contributed by atoms with Crippen LogP contribution in [0, 0.1) is 5.82 Å². The van der Waals surface area contributed by atoms with E-state index in [1.165, 1.54) is 12.1 Å². The largest absolute Gasteiger partial charge is 0.364 e. The number of primary amides is 1. The van der Waals surface area contributed by atoms with Crippen LogP contribution < -0.4 is 11.1 Å². The van der Waals surface area contributed by atoms with Gasteiger partial charge in [-0.15, -0.1) is 0 Å². The zero-order chi connectivity index (χ0) is 17.9. The Bertz CT molecular complexity index is 811. The van der Waals surface area contributed by atoms with Gasteiger partial charge in [0.05, 0.1) is 11.3 Å². The maximum atomic E-state index is 13.7. The summed E-state index contributed by atoms with van der Waals surface area (Å²) in [6, 6.07) is 3.91. The number of amides is 1. The number of nitrogens with one attached hydrogen (secondary N) is 1. The van der Waals surface area contributed by atoms with Crippen LogP contribution in [0.25, 0.3) is 0 Å². The molecular weight excluding hydrogens is 335 g/mol. The third-order valence-corrected chi connectivity index (χ3v) is 3.64. The first-order chi connectivity index (χ1) is 11.4. The predicted molar refractivity (Wildman–Crippen MR) is 89.2 cm³/mol. The van der Waals surface area contributed by atoms with Crippen LogP contribution in [0.3, 0.4) is 0 Å². The average molecular weight is 351 g/mol. The molecule has 6 nitrogen and oxygen atoms in total. The summed E-state index contributed by atoms with van der Waals surface area (Å²) in [5.41, 5.74) is 6.01. The van der Waals surface area contributed by atoms with E-state index in [1.807, 2.05) is 6.92 Å². The van der Waals surface area contributed by atoms with E-state index in [1.54, 1.807) is 6.92 Å². The smallest absolute Gasteiger partial charge is 0.271 e. The lowest BCUT2D eigenvalue weighted by Crippen LogP contribution is -2.18. The molecule has 0 atom stereocenters. The first-order valence-electron chi connectivity index (χ1n) is 7.33. The number of nitrogens with zero attached hydrogens (tertiary/aromatic N) is 2. The van der Waals surface area contributed by atoms with Crippen LogP contribution in [0.15, 0.2) is 18.2 Å². The van der Waals surface area contributed by atoms with Crippen molar-refractivity contribution in [2.24, 2.45) is 5.73 Å². The molecule has 0 fully saturated rings. The van der Waals surface area contributed by atoms with E-state index in [0.717, 1.165) is 6.07 Å². The number of benzene rings is 1. The van der Waals surface area contributed by atoms with E-state index in [-0.39, 0.29) is 34.4 Å². The number of ketones is 1. The zero-order valence-corrected chi connectivity index (χ0v) is 13.9. The summed E-state index contributed by atoms with van der Waals surface area (Å²) >= 11 is 6.02. The van der Waals surface area contributed by atoms with Crippen LogP contribution in [0.1, 0.15) is 46.8 Å². The quantitative estimate of drug-likeness (QED) is 0.779. The molecule has 0 unspecified atom stereocenters. The lowest BCUT2D eigenvalue weighted by Gasteiger charge is -2.12. The van der Waals surface area contributed by atoms with Crippen LogP contribution in [0.2, 0.25) is 5.15 Å². The first kappa shape index (κ1) is 17.8. The fraction of sp³-hybridized carbons (Fsp3) is 0.250. The van der Waals surface area contributed by atoms with Gasteiger partial charge in [-0.1, -0.05) is 25.4 Å². The Labute approximate surface area is 143 Å². The number of Topliss-reactive ketones (excluding diaryl/α,β-unsaturated/α-hetero) is 1. The van der Waals surface area contributed by atoms with Crippen molar-refractivity contribution in [3.63, 3.8) is 0 Å². The Kier molecular flexibility index (Phi) is 5.46. The molecule has 8 heteroatoms. The van der Waals surface area contributed by atoms with Crippen LogP contribution in [-0.4, -0.2) is 21.7 Å². The molecule has 0 saturated carbocycles. The standard InChI is InChI=1S/C16H16ClFN4O2/c1-3-11-14(17)22-16(13(21-11)15(19)24)20-8-5-6-10(18)9(7-8)12(23)4-2/h5-7H,3-4H2,1-2H3,(H2,19,24)(H,20,22). The number of carbonyl (C=O) groups is 2. The Balaban J connectivity index is 2.46. The van der Waals surface area contributed by atoms with E-state index < -0.39 is 11.7 Å². The van der Waals surface area contributed by atoms with Crippen LogP contribution in [0.5, 0.6) is 0 Å².